The van der Waals surface area contributed by atoms with Gasteiger partial charge in [0.25, 0.3) is 0 Å². The quantitative estimate of drug-likeness (QED) is 0.0863. The topological polar surface area (TPSA) is 149 Å². The molecule has 33 heavy (non-hydrogen) atoms. The number of rotatable bonds is 17. The lowest BCUT2D eigenvalue weighted by Gasteiger charge is -2.26. The Morgan fingerprint density at radius 1 is 0.848 bits per heavy atom. The van der Waals surface area contributed by atoms with Gasteiger partial charge in [-0.2, -0.15) is 0 Å². The minimum atomic E-state index is -4.14. The summed E-state index contributed by atoms with van der Waals surface area (Å²) >= 11 is 0. The van der Waals surface area contributed by atoms with E-state index in [4.69, 9.17) is 18.6 Å². The Balaban J connectivity index is 4.82. The Kier molecular flexibility index (Phi) is 14.7. The van der Waals surface area contributed by atoms with Gasteiger partial charge in [-0.25, -0.2) is 14.4 Å². The van der Waals surface area contributed by atoms with Gasteiger partial charge in [-0.3, -0.25) is 0 Å². The number of hydrogen-bond acceptors (Lipinski definition) is 10. The summed E-state index contributed by atoms with van der Waals surface area (Å²) in [6.45, 7) is 15.0. The third-order valence-corrected chi connectivity index (χ3v) is 7.46. The fraction of sp³-hybridized carbons (Fsp3) is 0.571. The molecule has 0 fully saturated rings. The van der Waals surface area contributed by atoms with Crippen LogP contribution in [0.2, 0.25) is 12.1 Å². The molecule has 0 amide bonds. The molecule has 0 saturated heterocycles. The Labute approximate surface area is 197 Å². The van der Waals surface area contributed by atoms with Crippen LogP contribution in [-0.2, 0) is 33.0 Å². The van der Waals surface area contributed by atoms with E-state index in [0.717, 1.165) is 0 Å². The Hall–Kier alpha value is -2.10. The lowest BCUT2D eigenvalue weighted by Crippen LogP contribution is -2.44. The predicted octanol–water partition coefficient (Wildman–Crippen LogP) is 1.08. The number of esters is 3. The van der Waals surface area contributed by atoms with Crippen molar-refractivity contribution in [3.8, 4) is 0 Å². The van der Waals surface area contributed by atoms with Crippen LogP contribution >= 0.6 is 0 Å². The van der Waals surface area contributed by atoms with Crippen LogP contribution in [0.25, 0.3) is 0 Å². The second-order valence-electron chi connectivity index (χ2n) is 7.83. The first kappa shape index (κ1) is 30.9. The highest BCUT2D eigenvalue weighted by Gasteiger charge is 2.36. The van der Waals surface area contributed by atoms with Crippen LogP contribution in [0.1, 0.15) is 40.0 Å². The first-order valence-corrected chi connectivity index (χ1v) is 14.7. The molecule has 0 heterocycles. The molecule has 0 aliphatic heterocycles. The predicted molar refractivity (Wildman–Crippen MR) is 125 cm³/mol. The summed E-state index contributed by atoms with van der Waals surface area (Å²) in [4.78, 5) is 65.4. The van der Waals surface area contributed by atoms with E-state index in [-0.39, 0.29) is 61.1 Å². The van der Waals surface area contributed by atoms with Crippen molar-refractivity contribution in [3.63, 3.8) is 0 Å². The number of carbonyl (C=O) groups is 3. The summed E-state index contributed by atoms with van der Waals surface area (Å²) in [5.41, 5.74) is 0.698. The van der Waals surface area contributed by atoms with E-state index in [2.05, 4.69) is 19.7 Å². The summed E-state index contributed by atoms with van der Waals surface area (Å²) in [5.74, 6) is -1.73. The highest BCUT2D eigenvalue weighted by molar-refractivity contribution is 6.58. The fourth-order valence-electron chi connectivity index (χ4n) is 2.41. The molecule has 0 aliphatic carbocycles. The number of carbonyl (C=O) groups excluding carboxylic acids is 3. The van der Waals surface area contributed by atoms with Crippen molar-refractivity contribution >= 4 is 35.8 Å². The van der Waals surface area contributed by atoms with Gasteiger partial charge in [0.1, 0.15) is 6.23 Å². The zero-order valence-electron chi connectivity index (χ0n) is 19.6. The smallest absolute Gasteiger partial charge is 0.463 e. The van der Waals surface area contributed by atoms with Crippen LogP contribution in [-0.4, -0.2) is 75.7 Å². The average Bonchev–Trinajstić information content (AvgIpc) is 2.71. The van der Waals surface area contributed by atoms with Crippen molar-refractivity contribution in [1.82, 2.24) is 0 Å². The maximum absolute atomic E-state index is 11.5. The van der Waals surface area contributed by atoms with Crippen molar-refractivity contribution in [1.29, 1.82) is 0 Å². The van der Waals surface area contributed by atoms with Crippen LogP contribution in [0.3, 0.4) is 0 Å². The Morgan fingerprint density at radius 2 is 1.30 bits per heavy atom. The molecule has 0 saturated carbocycles. The summed E-state index contributed by atoms with van der Waals surface area (Å²) in [6, 6.07) is -0.0433. The standard InChI is InChI=1S/C21H36O10Si2/c1-15(2)19(22)28-10-7-9-18(13-32(25)14-30-21(24)17(5)6)31-33(26,27)12-8-11-29-20(23)16(3)4/h18,25-27,32H,1,3,5,7-14H2,2,4,6H3. The maximum Gasteiger partial charge on any atom is 0.495 e. The zero-order chi connectivity index (χ0) is 25.6. The van der Waals surface area contributed by atoms with Gasteiger partial charge < -0.3 is 33.0 Å². The van der Waals surface area contributed by atoms with Crippen molar-refractivity contribution < 1.29 is 47.4 Å². The molecule has 0 bridgehead atoms. The third kappa shape index (κ3) is 15.4. The molecule has 0 aromatic rings. The van der Waals surface area contributed by atoms with E-state index in [0.29, 0.717) is 6.42 Å². The molecule has 2 atom stereocenters. The molecular formula is C21H36O10Si2. The molecular weight excluding hydrogens is 468 g/mol. The molecule has 10 nitrogen and oxygen atoms in total. The van der Waals surface area contributed by atoms with Gasteiger partial charge in [0, 0.05) is 28.9 Å². The minimum absolute atomic E-state index is 0.0271. The molecule has 2 unspecified atom stereocenters. The first-order chi connectivity index (χ1) is 15.2. The number of ether oxygens (including phenoxy) is 3. The molecule has 0 rings (SSSR count). The molecule has 3 N–H and O–H groups in total. The van der Waals surface area contributed by atoms with Gasteiger partial charge in [-0.15, -0.1) is 0 Å². The summed E-state index contributed by atoms with van der Waals surface area (Å²) < 4.78 is 20.4. The van der Waals surface area contributed by atoms with Gasteiger partial charge in [0.05, 0.1) is 13.2 Å². The largest absolute Gasteiger partial charge is 0.495 e. The lowest BCUT2D eigenvalue weighted by atomic mass is 10.2. The van der Waals surface area contributed by atoms with Crippen LogP contribution in [0, 0.1) is 0 Å². The van der Waals surface area contributed by atoms with Crippen LogP contribution in [0.5, 0.6) is 0 Å². The van der Waals surface area contributed by atoms with E-state index < -0.39 is 41.9 Å². The Bertz CT molecular complexity index is 720. The van der Waals surface area contributed by atoms with Crippen molar-refractivity contribution in [2.45, 2.75) is 58.2 Å². The van der Waals surface area contributed by atoms with Gasteiger partial charge in [0.2, 0.25) is 9.04 Å². The molecule has 188 valence electrons. The fourth-order valence-corrected chi connectivity index (χ4v) is 5.49. The summed E-state index contributed by atoms with van der Waals surface area (Å²) in [5, 5.41) is 0. The van der Waals surface area contributed by atoms with Crippen molar-refractivity contribution in [2.75, 3.05) is 19.4 Å². The van der Waals surface area contributed by atoms with E-state index in [9.17, 15) is 28.8 Å². The second kappa shape index (κ2) is 15.7. The zero-order valence-corrected chi connectivity index (χ0v) is 21.8. The Morgan fingerprint density at radius 3 is 1.79 bits per heavy atom. The normalized spacial score (nSPS) is 12.9. The molecule has 0 radical (unpaired) electrons. The van der Waals surface area contributed by atoms with Crippen molar-refractivity contribution in [3.05, 3.63) is 36.5 Å². The number of hydrogen-bond donors (Lipinski definition) is 3. The monoisotopic (exact) mass is 504 g/mol. The SMILES string of the molecule is C=C(C)C(=O)OCCCC(C[SiH](O)COC(=O)C(=C)C)O[Si](O)(O)CCCOC(=O)C(=C)C. The molecule has 0 spiro atoms. The molecule has 0 aromatic carbocycles. The molecule has 0 aromatic heterocycles. The lowest BCUT2D eigenvalue weighted by molar-refractivity contribution is -0.139. The molecule has 0 aliphatic rings. The highest BCUT2D eigenvalue weighted by Crippen LogP contribution is 2.18. The van der Waals surface area contributed by atoms with Crippen LogP contribution in [0.4, 0.5) is 0 Å². The maximum atomic E-state index is 11.5. The molecule has 12 heteroatoms. The van der Waals surface area contributed by atoms with E-state index in [1.807, 2.05) is 0 Å². The summed E-state index contributed by atoms with van der Waals surface area (Å²) in [7, 11) is -6.74. The highest BCUT2D eigenvalue weighted by atomic mass is 28.4. The second-order valence-corrected chi connectivity index (χ2v) is 12.2. The average molecular weight is 505 g/mol. The first-order valence-electron chi connectivity index (χ1n) is 10.5. The van der Waals surface area contributed by atoms with Crippen LogP contribution < -0.4 is 0 Å². The van der Waals surface area contributed by atoms with E-state index >= 15 is 0 Å². The van der Waals surface area contributed by atoms with Gasteiger partial charge >= 0.3 is 26.7 Å². The van der Waals surface area contributed by atoms with Gasteiger partial charge in [-0.05, 0) is 46.1 Å². The van der Waals surface area contributed by atoms with Crippen LogP contribution in [0.15, 0.2) is 36.5 Å². The minimum Gasteiger partial charge on any atom is -0.463 e. The summed E-state index contributed by atoms with van der Waals surface area (Å²) in [6.07, 6.45) is -0.159. The van der Waals surface area contributed by atoms with E-state index in [1.54, 1.807) is 0 Å². The van der Waals surface area contributed by atoms with Crippen molar-refractivity contribution in [2.24, 2.45) is 0 Å². The third-order valence-electron chi connectivity index (χ3n) is 4.13. The van der Waals surface area contributed by atoms with Gasteiger partial charge in [0.15, 0.2) is 0 Å². The van der Waals surface area contributed by atoms with E-state index in [1.165, 1.54) is 20.8 Å². The van der Waals surface area contributed by atoms with Gasteiger partial charge in [-0.1, -0.05) is 19.7 Å².